The van der Waals surface area contributed by atoms with E-state index in [2.05, 4.69) is 36.7 Å². The van der Waals surface area contributed by atoms with Gasteiger partial charge >= 0.3 is 0 Å². The summed E-state index contributed by atoms with van der Waals surface area (Å²) in [6.45, 7) is 1.85. The molecular formula is C24H34ClN5O2. The quantitative estimate of drug-likeness (QED) is 0.323. The summed E-state index contributed by atoms with van der Waals surface area (Å²) >= 11 is 0. The first-order valence-electron chi connectivity index (χ1n) is 11.0. The average molecular weight is 460 g/mol. The van der Waals surface area contributed by atoms with Gasteiger partial charge in [-0.3, -0.25) is 4.79 Å². The van der Waals surface area contributed by atoms with Crippen molar-refractivity contribution in [2.24, 2.45) is 0 Å². The minimum Gasteiger partial charge on any atom is -1.00 e. The van der Waals surface area contributed by atoms with Crippen LogP contribution in [0.25, 0.3) is 11.0 Å². The maximum atomic E-state index is 12.7. The highest BCUT2D eigenvalue weighted by atomic mass is 35.5. The highest BCUT2D eigenvalue weighted by Gasteiger charge is 2.21. The molecule has 1 amide bonds. The van der Waals surface area contributed by atoms with Crippen molar-refractivity contribution in [1.29, 1.82) is 0 Å². The molecule has 2 aromatic carbocycles. The fourth-order valence-electron chi connectivity index (χ4n) is 3.59. The molecule has 0 saturated heterocycles. The van der Waals surface area contributed by atoms with Gasteiger partial charge in [-0.05, 0) is 49.1 Å². The summed E-state index contributed by atoms with van der Waals surface area (Å²) in [5, 5.41) is 21.8. The highest BCUT2D eigenvalue weighted by Crippen LogP contribution is 2.24. The molecule has 3 aromatic rings. The van der Waals surface area contributed by atoms with Crippen LogP contribution in [0.15, 0.2) is 48.5 Å². The Bertz CT molecular complexity index is 949. The topological polar surface area (TPSA) is 80.0 Å². The normalized spacial score (nSPS) is 12.3. The number of aromatic hydroxyl groups is 1. The number of rotatable bonds is 11. The van der Waals surface area contributed by atoms with Gasteiger partial charge in [-0.15, -0.1) is 0 Å². The second-order valence-corrected chi connectivity index (χ2v) is 9.10. The zero-order chi connectivity index (χ0) is 22.3. The van der Waals surface area contributed by atoms with Crippen molar-refractivity contribution < 1.29 is 26.8 Å². The van der Waals surface area contributed by atoms with Crippen molar-refractivity contribution in [1.82, 2.24) is 20.3 Å². The average Bonchev–Trinajstić information content (AvgIpc) is 3.15. The molecule has 0 aliphatic carbocycles. The Hall–Kier alpha value is -2.64. The minimum absolute atomic E-state index is 0. The largest absolute Gasteiger partial charge is 1.00 e. The van der Waals surface area contributed by atoms with Gasteiger partial charge in [0, 0.05) is 6.54 Å². The van der Waals surface area contributed by atoms with E-state index in [1.807, 2.05) is 36.4 Å². The molecular weight excluding hydrogens is 426 g/mol. The Labute approximate surface area is 196 Å². The lowest BCUT2D eigenvalue weighted by atomic mass is 10.0. The van der Waals surface area contributed by atoms with Gasteiger partial charge in [0.25, 0.3) is 0 Å². The fourth-order valence-corrected chi connectivity index (χ4v) is 3.59. The van der Waals surface area contributed by atoms with Crippen LogP contribution in [0.1, 0.15) is 43.7 Å². The van der Waals surface area contributed by atoms with Crippen LogP contribution >= 0.6 is 0 Å². The number of aromatic nitrogens is 3. The molecule has 1 heterocycles. The number of carbonyl (C=O) groups is 1. The lowest BCUT2D eigenvalue weighted by molar-refractivity contribution is -0.870. The SMILES string of the molecule is C[N+](C)(C)CCCCCCNC(=O)CC(c1ccc(O)cc1)n1nc2ccccc2n1.[Cl-]. The zero-order valence-corrected chi connectivity index (χ0v) is 19.9. The van der Waals surface area contributed by atoms with Crippen LogP contribution in [0.4, 0.5) is 0 Å². The molecule has 174 valence electrons. The van der Waals surface area contributed by atoms with Crippen molar-refractivity contribution in [3.8, 4) is 5.75 Å². The number of hydrogen-bond donors (Lipinski definition) is 2. The summed E-state index contributed by atoms with van der Waals surface area (Å²) in [6.07, 6.45) is 4.74. The van der Waals surface area contributed by atoms with Crippen LogP contribution in [0, 0.1) is 0 Å². The molecule has 0 spiro atoms. The molecule has 0 radical (unpaired) electrons. The van der Waals surface area contributed by atoms with E-state index in [0.29, 0.717) is 6.54 Å². The molecule has 8 heteroatoms. The molecule has 2 N–H and O–H groups in total. The molecule has 0 fully saturated rings. The predicted molar refractivity (Wildman–Crippen MR) is 123 cm³/mol. The van der Waals surface area contributed by atoms with Crippen molar-refractivity contribution in [3.63, 3.8) is 0 Å². The van der Waals surface area contributed by atoms with Crippen molar-refractivity contribution >= 4 is 16.9 Å². The number of benzene rings is 2. The Morgan fingerprint density at radius 1 is 0.969 bits per heavy atom. The maximum absolute atomic E-state index is 12.7. The Morgan fingerprint density at radius 3 is 2.16 bits per heavy atom. The smallest absolute Gasteiger partial charge is 0.222 e. The standard InChI is InChI=1S/C24H33N5O2.ClH/c1-29(2,3)17-9-5-4-8-16-25-24(31)18-23(19-12-14-20(30)15-13-19)28-26-21-10-6-7-11-22(21)27-28;/h6-7,10-15,23H,4-5,8-9,16-18H2,1-3H3,(H-,25,30,31);1H. The molecule has 0 saturated carbocycles. The van der Waals surface area contributed by atoms with Gasteiger partial charge in [0.2, 0.25) is 5.91 Å². The first-order chi connectivity index (χ1) is 14.8. The lowest BCUT2D eigenvalue weighted by Crippen LogP contribution is -3.00. The first-order valence-corrected chi connectivity index (χ1v) is 11.0. The van der Waals surface area contributed by atoms with Gasteiger partial charge in [0.1, 0.15) is 22.8 Å². The molecule has 3 rings (SSSR count). The summed E-state index contributed by atoms with van der Waals surface area (Å²) in [4.78, 5) is 14.3. The van der Waals surface area contributed by atoms with Gasteiger partial charge in [-0.25, -0.2) is 0 Å². The summed E-state index contributed by atoms with van der Waals surface area (Å²) in [7, 11) is 6.63. The summed E-state index contributed by atoms with van der Waals surface area (Å²) in [6, 6.07) is 14.2. The van der Waals surface area contributed by atoms with Crippen molar-refractivity contribution in [2.75, 3.05) is 34.2 Å². The van der Waals surface area contributed by atoms with Crippen molar-refractivity contribution in [2.45, 2.75) is 38.1 Å². The monoisotopic (exact) mass is 459 g/mol. The second-order valence-electron chi connectivity index (χ2n) is 9.10. The number of hydrogen-bond acceptors (Lipinski definition) is 4. The molecule has 0 aliphatic heterocycles. The number of nitrogens with zero attached hydrogens (tertiary/aromatic N) is 4. The molecule has 32 heavy (non-hydrogen) atoms. The number of unbranched alkanes of at least 4 members (excludes halogenated alkanes) is 3. The van der Waals surface area contributed by atoms with E-state index in [1.54, 1.807) is 16.9 Å². The Morgan fingerprint density at radius 2 is 1.56 bits per heavy atom. The number of phenolic OH excluding ortho intramolecular Hbond substituents is 1. The van der Waals surface area contributed by atoms with Gasteiger partial charge in [-0.1, -0.05) is 30.7 Å². The fraction of sp³-hybridized carbons (Fsp3) is 0.458. The van der Waals surface area contributed by atoms with E-state index >= 15 is 0 Å². The van der Waals surface area contributed by atoms with Crippen LogP contribution in [0.3, 0.4) is 0 Å². The van der Waals surface area contributed by atoms with E-state index in [9.17, 15) is 9.90 Å². The van der Waals surface area contributed by atoms with E-state index in [1.165, 1.54) is 19.4 Å². The molecule has 0 aliphatic rings. The summed E-state index contributed by atoms with van der Waals surface area (Å²) < 4.78 is 0.992. The molecule has 1 atom stereocenters. The molecule has 7 nitrogen and oxygen atoms in total. The third kappa shape index (κ3) is 7.80. The van der Waals surface area contributed by atoms with E-state index < -0.39 is 0 Å². The number of carbonyl (C=O) groups excluding carboxylic acids is 1. The molecule has 1 aromatic heterocycles. The van der Waals surface area contributed by atoms with Crippen LogP contribution < -0.4 is 17.7 Å². The number of amides is 1. The third-order valence-electron chi connectivity index (χ3n) is 5.32. The van der Waals surface area contributed by atoms with Crippen LogP contribution in [-0.4, -0.2) is 64.7 Å². The number of halogens is 1. The Kier molecular flexibility index (Phi) is 9.47. The van der Waals surface area contributed by atoms with Gasteiger partial charge in [0.15, 0.2) is 0 Å². The lowest BCUT2D eigenvalue weighted by Gasteiger charge is -2.23. The van der Waals surface area contributed by atoms with E-state index in [4.69, 9.17) is 0 Å². The maximum Gasteiger partial charge on any atom is 0.222 e. The highest BCUT2D eigenvalue weighted by molar-refractivity contribution is 5.77. The van der Waals surface area contributed by atoms with Crippen LogP contribution in [-0.2, 0) is 4.79 Å². The summed E-state index contributed by atoms with van der Waals surface area (Å²) in [5.74, 6) is 0.168. The predicted octanol–water partition coefficient (Wildman–Crippen LogP) is 0.503. The number of fused-ring (bicyclic) bond motifs is 1. The van der Waals surface area contributed by atoms with E-state index in [0.717, 1.165) is 33.9 Å². The van der Waals surface area contributed by atoms with Gasteiger partial charge < -0.3 is 27.3 Å². The molecule has 1 unspecified atom stereocenters. The number of nitrogens with one attached hydrogen (secondary N) is 1. The number of phenols is 1. The minimum atomic E-state index is -0.336. The second kappa shape index (κ2) is 11.8. The number of quaternary nitrogens is 1. The third-order valence-corrected chi connectivity index (χ3v) is 5.32. The van der Waals surface area contributed by atoms with Crippen LogP contribution in [0.5, 0.6) is 5.75 Å². The van der Waals surface area contributed by atoms with E-state index in [-0.39, 0.29) is 36.5 Å². The van der Waals surface area contributed by atoms with Crippen molar-refractivity contribution in [3.05, 3.63) is 54.1 Å². The molecule has 0 bridgehead atoms. The summed E-state index contributed by atoms with van der Waals surface area (Å²) in [5.41, 5.74) is 2.47. The Balaban J connectivity index is 0.00000363. The van der Waals surface area contributed by atoms with Crippen LogP contribution in [0.2, 0.25) is 0 Å². The van der Waals surface area contributed by atoms with Gasteiger partial charge in [-0.2, -0.15) is 15.0 Å². The zero-order valence-electron chi connectivity index (χ0n) is 19.2. The first kappa shape index (κ1) is 25.6. The van der Waals surface area contributed by atoms with Gasteiger partial charge in [0.05, 0.1) is 34.1 Å².